The van der Waals surface area contributed by atoms with Gasteiger partial charge >= 0.3 is 29.6 Å². The second-order valence-electron chi connectivity index (χ2n) is 3.75. The fraction of sp³-hybridized carbons (Fsp3) is 1.00. The zero-order valence-corrected chi connectivity index (χ0v) is 11.1. The molecule has 1 unspecified atom stereocenters. The van der Waals surface area contributed by atoms with E-state index in [2.05, 4.69) is 20.8 Å². The van der Waals surface area contributed by atoms with Crippen LogP contribution in [0, 0.1) is 5.92 Å². The van der Waals surface area contributed by atoms with Gasteiger partial charge in [-0.15, -0.1) is 6.10 Å². The molecule has 0 fully saturated rings. The van der Waals surface area contributed by atoms with Gasteiger partial charge in [-0.3, -0.25) is 0 Å². The van der Waals surface area contributed by atoms with Crippen LogP contribution < -0.4 is 34.7 Å². The van der Waals surface area contributed by atoms with Crippen molar-refractivity contribution in [2.45, 2.75) is 59.0 Å². The summed E-state index contributed by atoms with van der Waals surface area (Å²) in [6.45, 7) is 6.40. The molecule has 0 aromatic heterocycles. The molecule has 68 valence electrons. The van der Waals surface area contributed by atoms with Crippen LogP contribution in [0.4, 0.5) is 0 Å². The predicted octanol–water partition coefficient (Wildman–Crippen LogP) is -0.654. The summed E-state index contributed by atoms with van der Waals surface area (Å²) >= 11 is 0. The molecule has 0 radical (unpaired) electrons. The largest absolute Gasteiger partial charge is 1.00 e. The summed E-state index contributed by atoms with van der Waals surface area (Å²) in [4.78, 5) is 0. The Morgan fingerprint density at radius 2 is 1.75 bits per heavy atom. The van der Waals surface area contributed by atoms with Gasteiger partial charge in [-0.25, -0.2) is 0 Å². The molecule has 0 spiro atoms. The first kappa shape index (κ1) is 15.4. The first-order valence-corrected chi connectivity index (χ1v) is 4.82. The molecule has 12 heavy (non-hydrogen) atoms. The third kappa shape index (κ3) is 11.0. The molecule has 0 aromatic rings. The summed E-state index contributed by atoms with van der Waals surface area (Å²) in [5, 5.41) is 11.2. The Kier molecular flexibility index (Phi) is 12.9. The van der Waals surface area contributed by atoms with E-state index in [0.717, 1.165) is 19.3 Å². The van der Waals surface area contributed by atoms with Crippen molar-refractivity contribution in [3.05, 3.63) is 0 Å². The average Bonchev–Trinajstić information content (AvgIpc) is 1.86. The monoisotopic (exact) mass is 180 g/mol. The Labute approximate surface area is 99.2 Å². The molecule has 0 amide bonds. The number of hydrogen-bond acceptors (Lipinski definition) is 1. The van der Waals surface area contributed by atoms with Crippen molar-refractivity contribution in [1.29, 1.82) is 0 Å². The minimum atomic E-state index is -0.304. The van der Waals surface area contributed by atoms with Gasteiger partial charge in [0.1, 0.15) is 0 Å². The molecule has 0 aliphatic heterocycles. The molecule has 0 rings (SSSR count). The maximum Gasteiger partial charge on any atom is 1.00 e. The Morgan fingerprint density at radius 3 is 2.17 bits per heavy atom. The van der Waals surface area contributed by atoms with E-state index in [1.165, 1.54) is 12.8 Å². The van der Waals surface area contributed by atoms with E-state index in [9.17, 15) is 5.11 Å². The summed E-state index contributed by atoms with van der Waals surface area (Å²) in [7, 11) is 0. The Balaban J connectivity index is 0. The average molecular weight is 180 g/mol. The quantitative estimate of drug-likeness (QED) is 0.393. The molecule has 0 saturated heterocycles. The second kappa shape index (κ2) is 10.0. The van der Waals surface area contributed by atoms with Crippen LogP contribution in [0.3, 0.4) is 0 Å². The molecule has 0 bridgehead atoms. The van der Waals surface area contributed by atoms with E-state index in [-0.39, 0.29) is 35.7 Å². The summed E-state index contributed by atoms with van der Waals surface area (Å²) < 4.78 is 0. The smallest absolute Gasteiger partial charge is 0.852 e. The SMILES string of the molecule is CCCCCC([O-])CC(C)C.[Na+]. The van der Waals surface area contributed by atoms with Gasteiger partial charge in [0.05, 0.1) is 0 Å². The van der Waals surface area contributed by atoms with E-state index in [0.29, 0.717) is 5.92 Å². The van der Waals surface area contributed by atoms with E-state index >= 15 is 0 Å². The topological polar surface area (TPSA) is 23.1 Å². The summed E-state index contributed by atoms with van der Waals surface area (Å²) in [5.74, 6) is 0.569. The van der Waals surface area contributed by atoms with Crippen LogP contribution in [-0.4, -0.2) is 6.10 Å². The van der Waals surface area contributed by atoms with E-state index in [1.807, 2.05) is 0 Å². The molecule has 2 heteroatoms. The predicted molar refractivity (Wildman–Crippen MR) is 47.4 cm³/mol. The van der Waals surface area contributed by atoms with Gasteiger partial charge in [0.25, 0.3) is 0 Å². The van der Waals surface area contributed by atoms with Gasteiger partial charge in [0.15, 0.2) is 0 Å². The molecule has 1 nitrogen and oxygen atoms in total. The zero-order valence-electron chi connectivity index (χ0n) is 9.10. The molecule has 0 heterocycles. The van der Waals surface area contributed by atoms with Crippen LogP contribution in [0.25, 0.3) is 0 Å². The third-order valence-electron chi connectivity index (χ3n) is 1.86. The summed E-state index contributed by atoms with van der Waals surface area (Å²) in [5.41, 5.74) is 0. The van der Waals surface area contributed by atoms with Gasteiger partial charge in [-0.05, 0) is 5.92 Å². The van der Waals surface area contributed by atoms with Gasteiger partial charge < -0.3 is 5.11 Å². The van der Waals surface area contributed by atoms with Crippen LogP contribution in [0.1, 0.15) is 52.9 Å². The minimum absolute atomic E-state index is 0. The third-order valence-corrected chi connectivity index (χ3v) is 1.86. The Morgan fingerprint density at radius 1 is 1.17 bits per heavy atom. The van der Waals surface area contributed by atoms with E-state index < -0.39 is 0 Å². The van der Waals surface area contributed by atoms with Gasteiger partial charge in [0.2, 0.25) is 0 Å². The maximum atomic E-state index is 11.2. The molecule has 0 aliphatic carbocycles. The van der Waals surface area contributed by atoms with Crippen LogP contribution in [0.5, 0.6) is 0 Å². The van der Waals surface area contributed by atoms with E-state index in [4.69, 9.17) is 0 Å². The van der Waals surface area contributed by atoms with Crippen molar-refractivity contribution >= 4 is 0 Å². The van der Waals surface area contributed by atoms with Crippen LogP contribution in [0.15, 0.2) is 0 Å². The van der Waals surface area contributed by atoms with Crippen LogP contribution >= 0.6 is 0 Å². The Bertz CT molecular complexity index is 83.9. The van der Waals surface area contributed by atoms with Crippen LogP contribution in [-0.2, 0) is 0 Å². The molecule has 1 atom stereocenters. The Hall–Kier alpha value is 0.960. The number of unbranched alkanes of at least 4 members (excludes halogenated alkanes) is 2. The molecule has 0 N–H and O–H groups in total. The molecule has 0 aliphatic rings. The van der Waals surface area contributed by atoms with Gasteiger partial charge in [0, 0.05) is 0 Å². The van der Waals surface area contributed by atoms with Crippen molar-refractivity contribution in [3.8, 4) is 0 Å². The maximum absolute atomic E-state index is 11.2. The second-order valence-corrected chi connectivity index (χ2v) is 3.75. The zero-order chi connectivity index (χ0) is 8.69. The fourth-order valence-corrected chi connectivity index (χ4v) is 1.27. The van der Waals surface area contributed by atoms with Crippen molar-refractivity contribution in [3.63, 3.8) is 0 Å². The van der Waals surface area contributed by atoms with Crippen molar-refractivity contribution < 1.29 is 34.7 Å². The van der Waals surface area contributed by atoms with Crippen molar-refractivity contribution in [2.24, 2.45) is 5.92 Å². The first-order chi connectivity index (χ1) is 5.16. The van der Waals surface area contributed by atoms with Crippen LogP contribution in [0.2, 0.25) is 0 Å². The standard InChI is InChI=1S/C10H21O.Na/c1-4-5-6-7-10(11)8-9(2)3;/h9-10H,4-8H2,1-3H3;/q-1;+1. The molecule has 0 aromatic carbocycles. The molecular weight excluding hydrogens is 159 g/mol. The van der Waals surface area contributed by atoms with Gasteiger partial charge in [-0.1, -0.05) is 52.9 Å². The normalized spacial score (nSPS) is 12.8. The number of hydrogen-bond donors (Lipinski definition) is 0. The van der Waals surface area contributed by atoms with Crippen molar-refractivity contribution in [1.82, 2.24) is 0 Å². The summed E-state index contributed by atoms with van der Waals surface area (Å²) in [6, 6.07) is 0. The van der Waals surface area contributed by atoms with E-state index in [1.54, 1.807) is 0 Å². The molecule has 0 saturated carbocycles. The minimum Gasteiger partial charge on any atom is -0.852 e. The fourth-order valence-electron chi connectivity index (χ4n) is 1.27. The first-order valence-electron chi connectivity index (χ1n) is 4.82. The van der Waals surface area contributed by atoms with Gasteiger partial charge in [-0.2, -0.15) is 0 Å². The summed E-state index contributed by atoms with van der Waals surface area (Å²) in [6.07, 6.45) is 4.99. The molecular formula is C10H21NaO. The number of rotatable bonds is 6. The van der Waals surface area contributed by atoms with Crippen molar-refractivity contribution in [2.75, 3.05) is 0 Å².